The Morgan fingerprint density at radius 3 is 2.53 bits per heavy atom. The molecule has 0 radical (unpaired) electrons. The van der Waals surface area contributed by atoms with Crippen LogP contribution in [0, 0.1) is 0 Å². The molecule has 0 saturated carbocycles. The van der Waals surface area contributed by atoms with Gasteiger partial charge < -0.3 is 5.32 Å². The van der Waals surface area contributed by atoms with Crippen LogP contribution in [-0.2, 0) is 16.6 Å². The summed E-state index contributed by atoms with van der Waals surface area (Å²) in [6.07, 6.45) is 3.02. The van der Waals surface area contributed by atoms with Gasteiger partial charge in [-0.2, -0.15) is 0 Å². The van der Waals surface area contributed by atoms with E-state index in [0.717, 1.165) is 23.9 Å². The molecule has 0 spiro atoms. The number of hydrogen-bond acceptors (Lipinski definition) is 3. The number of nitrogens with one attached hydrogen (secondary N) is 1. The van der Waals surface area contributed by atoms with Crippen LogP contribution in [0.2, 0.25) is 0 Å². The Morgan fingerprint density at radius 1 is 1.32 bits per heavy atom. The minimum Gasteiger partial charge on any atom is -0.310 e. The number of rotatable bonds is 4. The van der Waals surface area contributed by atoms with Gasteiger partial charge in [0.1, 0.15) is 0 Å². The Kier molecular flexibility index (Phi) is 5.00. The Balaban J connectivity index is 1.82. The van der Waals surface area contributed by atoms with Gasteiger partial charge in [0, 0.05) is 30.1 Å². The number of hydrogen-bond donors (Lipinski definition) is 1. The van der Waals surface area contributed by atoms with E-state index in [1.54, 1.807) is 4.31 Å². The topological polar surface area (TPSA) is 49.4 Å². The fourth-order valence-electron chi connectivity index (χ4n) is 2.29. The maximum absolute atomic E-state index is 11.4. The molecule has 0 aliphatic carbocycles. The van der Waals surface area contributed by atoms with Crippen molar-refractivity contribution in [2.75, 3.05) is 19.3 Å². The second kappa shape index (κ2) is 6.35. The van der Waals surface area contributed by atoms with Gasteiger partial charge in [-0.1, -0.05) is 34.1 Å². The number of nitrogens with zero attached hydrogens (tertiary/aromatic N) is 1. The van der Waals surface area contributed by atoms with Crippen molar-refractivity contribution in [2.45, 2.75) is 25.4 Å². The van der Waals surface area contributed by atoms with Crippen molar-refractivity contribution in [3.63, 3.8) is 0 Å². The summed E-state index contributed by atoms with van der Waals surface area (Å²) in [5, 5.41) is 3.50. The van der Waals surface area contributed by atoms with Crippen LogP contribution >= 0.6 is 15.9 Å². The highest BCUT2D eigenvalue weighted by molar-refractivity contribution is 9.10. The van der Waals surface area contributed by atoms with E-state index in [1.807, 2.05) is 18.2 Å². The first-order valence-corrected chi connectivity index (χ1v) is 9.03. The van der Waals surface area contributed by atoms with Gasteiger partial charge in [-0.05, 0) is 24.5 Å². The molecule has 1 aromatic rings. The van der Waals surface area contributed by atoms with E-state index in [9.17, 15) is 8.42 Å². The lowest BCUT2D eigenvalue weighted by atomic mass is 10.1. The summed E-state index contributed by atoms with van der Waals surface area (Å²) in [5.74, 6) is 0. The second-order valence-corrected chi connectivity index (χ2v) is 7.75. The molecule has 1 heterocycles. The molecule has 2 rings (SSSR count). The zero-order valence-electron chi connectivity index (χ0n) is 11.0. The molecule has 1 aliphatic rings. The van der Waals surface area contributed by atoms with Crippen molar-refractivity contribution in [3.05, 3.63) is 34.3 Å². The van der Waals surface area contributed by atoms with Gasteiger partial charge in [-0.15, -0.1) is 0 Å². The molecule has 1 aromatic carbocycles. The Labute approximate surface area is 123 Å². The third-order valence-corrected chi connectivity index (χ3v) is 5.54. The van der Waals surface area contributed by atoms with Gasteiger partial charge >= 0.3 is 0 Å². The second-order valence-electron chi connectivity index (χ2n) is 4.91. The number of sulfonamides is 1. The third kappa shape index (κ3) is 4.27. The first kappa shape index (κ1) is 15.0. The zero-order valence-corrected chi connectivity index (χ0v) is 13.4. The maximum atomic E-state index is 11.4. The summed E-state index contributed by atoms with van der Waals surface area (Å²) < 4.78 is 25.5. The molecule has 0 atom stereocenters. The van der Waals surface area contributed by atoms with Crippen molar-refractivity contribution in [1.29, 1.82) is 0 Å². The van der Waals surface area contributed by atoms with Crippen LogP contribution in [0.1, 0.15) is 18.4 Å². The number of halogens is 1. The fraction of sp³-hybridized carbons (Fsp3) is 0.538. The molecule has 1 aliphatic heterocycles. The summed E-state index contributed by atoms with van der Waals surface area (Å²) in [4.78, 5) is 0. The van der Waals surface area contributed by atoms with Crippen molar-refractivity contribution >= 4 is 26.0 Å². The van der Waals surface area contributed by atoms with Crippen LogP contribution in [0.25, 0.3) is 0 Å². The van der Waals surface area contributed by atoms with Gasteiger partial charge in [0.2, 0.25) is 10.0 Å². The molecule has 4 nitrogen and oxygen atoms in total. The lowest BCUT2D eigenvalue weighted by molar-refractivity contribution is 0.290. The monoisotopic (exact) mass is 346 g/mol. The van der Waals surface area contributed by atoms with E-state index >= 15 is 0 Å². The third-order valence-electron chi connectivity index (χ3n) is 3.46. The van der Waals surface area contributed by atoms with Crippen molar-refractivity contribution in [3.8, 4) is 0 Å². The van der Waals surface area contributed by atoms with Crippen molar-refractivity contribution in [1.82, 2.24) is 9.62 Å². The first-order valence-electron chi connectivity index (χ1n) is 6.39. The predicted molar refractivity (Wildman–Crippen MR) is 80.4 cm³/mol. The Bertz CT molecular complexity index is 525. The SMILES string of the molecule is CS(=O)(=O)N1CCC(NCc2ccccc2Br)CC1. The highest BCUT2D eigenvalue weighted by atomic mass is 79.9. The van der Waals surface area contributed by atoms with Gasteiger partial charge in [0.15, 0.2) is 0 Å². The molecular weight excluding hydrogens is 328 g/mol. The average molecular weight is 347 g/mol. The molecule has 1 fully saturated rings. The summed E-state index contributed by atoms with van der Waals surface area (Å²) in [6.45, 7) is 2.05. The summed E-state index contributed by atoms with van der Waals surface area (Å²) in [6, 6.07) is 8.53. The van der Waals surface area contributed by atoms with E-state index in [1.165, 1.54) is 11.8 Å². The standard InChI is InChI=1S/C13H19BrN2O2S/c1-19(17,18)16-8-6-12(7-9-16)15-10-11-4-2-3-5-13(11)14/h2-5,12,15H,6-10H2,1H3. The van der Waals surface area contributed by atoms with Gasteiger partial charge in [0.05, 0.1) is 6.26 Å². The van der Waals surface area contributed by atoms with Crippen LogP contribution in [0.15, 0.2) is 28.7 Å². The van der Waals surface area contributed by atoms with E-state index in [4.69, 9.17) is 0 Å². The van der Waals surface area contributed by atoms with E-state index in [2.05, 4.69) is 27.3 Å². The Hall–Kier alpha value is -0.430. The molecule has 0 aromatic heterocycles. The zero-order chi connectivity index (χ0) is 13.9. The largest absolute Gasteiger partial charge is 0.310 e. The predicted octanol–water partition coefficient (Wildman–Crippen LogP) is 1.96. The number of piperidine rings is 1. The molecule has 6 heteroatoms. The summed E-state index contributed by atoms with van der Waals surface area (Å²) in [7, 11) is -3.03. The molecule has 0 amide bonds. The van der Waals surface area contributed by atoms with E-state index in [0.29, 0.717) is 19.1 Å². The average Bonchev–Trinajstić information content (AvgIpc) is 2.37. The van der Waals surface area contributed by atoms with Crippen molar-refractivity contribution < 1.29 is 8.42 Å². The normalized spacial score (nSPS) is 18.6. The molecular formula is C13H19BrN2O2S. The fourth-order valence-corrected chi connectivity index (χ4v) is 3.59. The quantitative estimate of drug-likeness (QED) is 0.906. The Morgan fingerprint density at radius 2 is 1.95 bits per heavy atom. The molecule has 0 bridgehead atoms. The smallest absolute Gasteiger partial charge is 0.211 e. The van der Waals surface area contributed by atoms with Crippen LogP contribution in [0.5, 0.6) is 0 Å². The molecule has 19 heavy (non-hydrogen) atoms. The van der Waals surface area contributed by atoms with Crippen LogP contribution < -0.4 is 5.32 Å². The van der Waals surface area contributed by atoms with E-state index in [-0.39, 0.29) is 0 Å². The molecule has 1 saturated heterocycles. The minimum atomic E-state index is -3.03. The maximum Gasteiger partial charge on any atom is 0.211 e. The highest BCUT2D eigenvalue weighted by Crippen LogP contribution is 2.17. The van der Waals surface area contributed by atoms with Crippen LogP contribution in [0.4, 0.5) is 0 Å². The van der Waals surface area contributed by atoms with Gasteiger partial charge in [0.25, 0.3) is 0 Å². The van der Waals surface area contributed by atoms with Crippen LogP contribution in [0.3, 0.4) is 0 Å². The minimum absolute atomic E-state index is 0.394. The molecule has 1 N–H and O–H groups in total. The van der Waals surface area contributed by atoms with Crippen molar-refractivity contribution in [2.24, 2.45) is 0 Å². The summed E-state index contributed by atoms with van der Waals surface area (Å²) in [5.41, 5.74) is 1.23. The summed E-state index contributed by atoms with van der Waals surface area (Å²) >= 11 is 3.53. The van der Waals surface area contributed by atoms with Gasteiger partial charge in [-0.25, -0.2) is 12.7 Å². The van der Waals surface area contributed by atoms with E-state index < -0.39 is 10.0 Å². The highest BCUT2D eigenvalue weighted by Gasteiger charge is 2.24. The number of benzene rings is 1. The van der Waals surface area contributed by atoms with Gasteiger partial charge in [-0.3, -0.25) is 0 Å². The lowest BCUT2D eigenvalue weighted by Crippen LogP contribution is -2.44. The molecule has 0 unspecified atom stereocenters. The van der Waals surface area contributed by atoms with Crippen LogP contribution in [-0.4, -0.2) is 38.1 Å². The molecule has 106 valence electrons. The first-order chi connectivity index (χ1) is 8.97. The lowest BCUT2D eigenvalue weighted by Gasteiger charge is -2.30.